The fourth-order valence-corrected chi connectivity index (χ4v) is 3.71. The zero-order chi connectivity index (χ0) is 18.4. The second-order valence-electron chi connectivity index (χ2n) is 5.99. The van der Waals surface area contributed by atoms with Gasteiger partial charge in [0.2, 0.25) is 0 Å². The molecule has 0 saturated heterocycles. The molecule has 5 rings (SSSR count). The summed E-state index contributed by atoms with van der Waals surface area (Å²) in [5, 5.41) is 13.0. The Bertz CT molecular complexity index is 1130. The van der Waals surface area contributed by atoms with E-state index in [1.54, 1.807) is 10.9 Å². The molecule has 4 aromatic rings. The maximum atomic E-state index is 6.21. The average Bonchev–Trinajstić information content (AvgIpc) is 3.16. The third kappa shape index (κ3) is 2.68. The molecule has 2 aromatic carbocycles. The van der Waals surface area contributed by atoms with Crippen molar-refractivity contribution < 1.29 is 0 Å². The first-order valence-corrected chi connectivity index (χ1v) is 9.28. The first-order valence-electron chi connectivity index (χ1n) is 8.11. The second kappa shape index (κ2) is 6.40. The Morgan fingerprint density at radius 2 is 1.93 bits per heavy atom. The van der Waals surface area contributed by atoms with E-state index in [1.807, 2.05) is 53.4 Å². The SMILES string of the molecule is Clc1cccc(N2c3ncncc3C(c3ccc(Br)cc3)n3nnnc32)c1. The third-order valence-corrected chi connectivity index (χ3v) is 5.16. The first kappa shape index (κ1) is 16.3. The van der Waals surface area contributed by atoms with Crippen LogP contribution in [0.3, 0.4) is 0 Å². The van der Waals surface area contributed by atoms with Gasteiger partial charge >= 0.3 is 0 Å². The van der Waals surface area contributed by atoms with Crippen molar-refractivity contribution in [3.8, 4) is 0 Å². The van der Waals surface area contributed by atoms with Crippen molar-refractivity contribution in [3.05, 3.63) is 81.7 Å². The molecule has 9 heteroatoms. The molecule has 2 aromatic heterocycles. The van der Waals surface area contributed by atoms with Crippen molar-refractivity contribution in [1.29, 1.82) is 0 Å². The molecule has 27 heavy (non-hydrogen) atoms. The predicted molar refractivity (Wildman–Crippen MR) is 104 cm³/mol. The van der Waals surface area contributed by atoms with Crippen LogP contribution < -0.4 is 4.90 Å². The van der Waals surface area contributed by atoms with Crippen molar-refractivity contribution in [3.63, 3.8) is 0 Å². The molecule has 0 saturated carbocycles. The first-order chi connectivity index (χ1) is 13.2. The van der Waals surface area contributed by atoms with Crippen LogP contribution in [0.2, 0.25) is 5.02 Å². The van der Waals surface area contributed by atoms with E-state index in [1.165, 1.54) is 6.33 Å². The van der Waals surface area contributed by atoms with E-state index < -0.39 is 0 Å². The molecule has 0 N–H and O–H groups in total. The van der Waals surface area contributed by atoms with E-state index in [0.29, 0.717) is 11.0 Å². The van der Waals surface area contributed by atoms with Crippen LogP contribution in [0.5, 0.6) is 0 Å². The maximum absolute atomic E-state index is 6.21. The number of hydrogen-bond donors (Lipinski definition) is 0. The van der Waals surface area contributed by atoms with Gasteiger partial charge in [0.1, 0.15) is 18.2 Å². The highest BCUT2D eigenvalue weighted by Crippen LogP contribution is 2.44. The fourth-order valence-electron chi connectivity index (χ4n) is 3.26. The van der Waals surface area contributed by atoms with Gasteiger partial charge in [0, 0.05) is 21.3 Å². The largest absolute Gasteiger partial charge is 0.261 e. The maximum Gasteiger partial charge on any atom is 0.256 e. The van der Waals surface area contributed by atoms with Gasteiger partial charge in [-0.05, 0) is 46.3 Å². The molecule has 1 aliphatic heterocycles. The number of anilines is 3. The Labute approximate surface area is 167 Å². The Kier molecular flexibility index (Phi) is 3.87. The highest BCUT2D eigenvalue weighted by molar-refractivity contribution is 9.10. The zero-order valence-corrected chi connectivity index (χ0v) is 16.1. The molecule has 0 radical (unpaired) electrons. The van der Waals surface area contributed by atoms with E-state index >= 15 is 0 Å². The van der Waals surface area contributed by atoms with Crippen LogP contribution >= 0.6 is 27.5 Å². The lowest BCUT2D eigenvalue weighted by Crippen LogP contribution is -2.29. The monoisotopic (exact) mass is 439 g/mol. The minimum Gasteiger partial charge on any atom is -0.261 e. The third-order valence-electron chi connectivity index (χ3n) is 4.40. The van der Waals surface area contributed by atoms with Gasteiger partial charge in [-0.3, -0.25) is 4.90 Å². The van der Waals surface area contributed by atoms with Crippen molar-refractivity contribution in [1.82, 2.24) is 30.2 Å². The molecule has 0 spiro atoms. The second-order valence-corrected chi connectivity index (χ2v) is 7.35. The summed E-state index contributed by atoms with van der Waals surface area (Å²) in [4.78, 5) is 10.7. The molecule has 0 aliphatic carbocycles. The molecule has 1 aliphatic rings. The number of benzene rings is 2. The number of fused-ring (bicyclic) bond motifs is 2. The van der Waals surface area contributed by atoms with E-state index in [4.69, 9.17) is 11.6 Å². The van der Waals surface area contributed by atoms with Crippen LogP contribution in [0, 0.1) is 0 Å². The van der Waals surface area contributed by atoms with E-state index in [-0.39, 0.29) is 6.04 Å². The van der Waals surface area contributed by atoms with Gasteiger partial charge in [-0.2, -0.15) is 4.68 Å². The van der Waals surface area contributed by atoms with Gasteiger partial charge < -0.3 is 0 Å². The Hall–Kier alpha value is -2.84. The average molecular weight is 441 g/mol. The van der Waals surface area contributed by atoms with Crippen LogP contribution in [0.1, 0.15) is 17.2 Å². The standard InChI is InChI=1S/C18H11BrClN7/c19-12-6-4-11(5-7-12)16-15-9-21-10-22-17(15)26(18-23-24-25-27(16)18)14-3-1-2-13(20)8-14/h1-10,16H. The summed E-state index contributed by atoms with van der Waals surface area (Å²) in [6, 6.07) is 15.3. The van der Waals surface area contributed by atoms with E-state index in [9.17, 15) is 0 Å². The lowest BCUT2D eigenvalue weighted by atomic mass is 9.98. The minimum absolute atomic E-state index is 0.227. The summed E-state index contributed by atoms with van der Waals surface area (Å²) in [5.41, 5.74) is 2.76. The summed E-state index contributed by atoms with van der Waals surface area (Å²) in [7, 11) is 0. The smallest absolute Gasteiger partial charge is 0.256 e. The normalized spacial score (nSPS) is 15.3. The number of aromatic nitrogens is 6. The Balaban J connectivity index is 1.75. The van der Waals surface area contributed by atoms with E-state index in [2.05, 4.69) is 41.4 Å². The summed E-state index contributed by atoms with van der Waals surface area (Å²) in [6.45, 7) is 0. The molecule has 0 bridgehead atoms. The minimum atomic E-state index is -0.227. The van der Waals surface area contributed by atoms with Crippen molar-refractivity contribution in [2.75, 3.05) is 4.90 Å². The summed E-state index contributed by atoms with van der Waals surface area (Å²) in [5.74, 6) is 1.29. The van der Waals surface area contributed by atoms with Gasteiger partial charge in [0.15, 0.2) is 0 Å². The fraction of sp³-hybridized carbons (Fsp3) is 0.0556. The molecular formula is C18H11BrClN7. The summed E-state index contributed by atoms with van der Waals surface area (Å²) in [6.07, 6.45) is 3.33. The number of hydrogen-bond acceptors (Lipinski definition) is 6. The molecule has 132 valence electrons. The molecule has 3 heterocycles. The molecule has 1 unspecified atom stereocenters. The van der Waals surface area contributed by atoms with Crippen LogP contribution in [0.4, 0.5) is 17.5 Å². The van der Waals surface area contributed by atoms with Gasteiger partial charge in [-0.15, -0.1) is 0 Å². The zero-order valence-electron chi connectivity index (χ0n) is 13.7. The number of tetrazole rings is 1. The summed E-state index contributed by atoms with van der Waals surface area (Å²) < 4.78 is 2.78. The molecule has 7 nitrogen and oxygen atoms in total. The van der Waals surface area contributed by atoms with Gasteiger partial charge in [0.25, 0.3) is 5.95 Å². The predicted octanol–water partition coefficient (Wildman–Crippen LogP) is 4.30. The number of nitrogens with zero attached hydrogens (tertiary/aromatic N) is 7. The Morgan fingerprint density at radius 1 is 1.07 bits per heavy atom. The molecular weight excluding hydrogens is 430 g/mol. The van der Waals surface area contributed by atoms with Crippen LogP contribution in [-0.2, 0) is 0 Å². The van der Waals surface area contributed by atoms with Crippen LogP contribution in [0.25, 0.3) is 0 Å². The molecule has 1 atom stereocenters. The topological polar surface area (TPSA) is 72.6 Å². The van der Waals surface area contributed by atoms with Crippen molar-refractivity contribution in [2.45, 2.75) is 6.04 Å². The van der Waals surface area contributed by atoms with Crippen molar-refractivity contribution >= 4 is 45.0 Å². The molecule has 0 amide bonds. The summed E-state index contributed by atoms with van der Waals surface area (Å²) >= 11 is 9.69. The number of halogens is 2. The van der Waals surface area contributed by atoms with Gasteiger partial charge in [0.05, 0.1) is 5.69 Å². The van der Waals surface area contributed by atoms with Crippen LogP contribution in [0.15, 0.2) is 65.5 Å². The molecule has 0 fully saturated rings. The lowest BCUT2D eigenvalue weighted by molar-refractivity contribution is 0.557. The highest BCUT2D eigenvalue weighted by atomic mass is 79.9. The quantitative estimate of drug-likeness (QED) is 0.407. The highest BCUT2D eigenvalue weighted by Gasteiger charge is 2.36. The Morgan fingerprint density at radius 3 is 2.74 bits per heavy atom. The van der Waals surface area contributed by atoms with Gasteiger partial charge in [-0.25, -0.2) is 9.97 Å². The van der Waals surface area contributed by atoms with E-state index in [0.717, 1.165) is 27.1 Å². The lowest BCUT2D eigenvalue weighted by Gasteiger charge is -2.33. The van der Waals surface area contributed by atoms with Crippen LogP contribution in [-0.4, -0.2) is 30.2 Å². The van der Waals surface area contributed by atoms with Crippen molar-refractivity contribution in [2.24, 2.45) is 0 Å². The number of rotatable bonds is 2. The van der Waals surface area contributed by atoms with Gasteiger partial charge in [-0.1, -0.05) is 50.8 Å².